The van der Waals surface area contributed by atoms with E-state index in [1.165, 1.54) is 0 Å². The minimum Gasteiger partial charge on any atom is -0.392 e. The number of nitriles is 1. The molecule has 0 aliphatic rings. The van der Waals surface area contributed by atoms with Crippen molar-refractivity contribution in [2.45, 2.75) is 6.42 Å². The third-order valence-corrected chi connectivity index (χ3v) is 2.07. The highest BCUT2D eigenvalue weighted by atomic mass is 32.1. The number of nitrogens with zero attached hydrogens (tertiary/aromatic N) is 1. The summed E-state index contributed by atoms with van der Waals surface area (Å²) in [6, 6.07) is 11.8. The molecule has 1 aromatic carbocycles. The molecule has 0 spiro atoms. The van der Waals surface area contributed by atoms with Crippen LogP contribution in [-0.2, 0) is 6.42 Å². The molecule has 0 aliphatic carbocycles. The molecule has 1 atom stereocenters. The Labute approximate surface area is 83.0 Å². The van der Waals surface area contributed by atoms with Crippen molar-refractivity contribution >= 4 is 17.2 Å². The van der Waals surface area contributed by atoms with Crippen LogP contribution in [0.1, 0.15) is 5.56 Å². The first kappa shape index (κ1) is 9.69. The number of rotatable bonds is 3. The Morgan fingerprint density at radius 3 is 2.54 bits per heavy atom. The number of thiocarbonyl (C=S) groups is 1. The van der Waals surface area contributed by atoms with Crippen LogP contribution in [0.3, 0.4) is 0 Å². The van der Waals surface area contributed by atoms with Gasteiger partial charge in [-0.3, -0.25) is 0 Å². The highest BCUT2D eigenvalue weighted by molar-refractivity contribution is 7.80. The van der Waals surface area contributed by atoms with Crippen molar-refractivity contribution < 1.29 is 0 Å². The van der Waals surface area contributed by atoms with Gasteiger partial charge in [0.2, 0.25) is 0 Å². The van der Waals surface area contributed by atoms with Crippen LogP contribution in [0.2, 0.25) is 0 Å². The molecule has 66 valence electrons. The number of hydrogen-bond acceptors (Lipinski definition) is 2. The van der Waals surface area contributed by atoms with Crippen molar-refractivity contribution in [2.75, 3.05) is 0 Å². The van der Waals surface area contributed by atoms with Gasteiger partial charge in [0.1, 0.15) is 5.92 Å². The van der Waals surface area contributed by atoms with Crippen molar-refractivity contribution in [1.29, 1.82) is 5.26 Å². The van der Waals surface area contributed by atoms with Gasteiger partial charge in [-0.2, -0.15) is 5.26 Å². The van der Waals surface area contributed by atoms with Crippen LogP contribution in [0, 0.1) is 17.2 Å². The van der Waals surface area contributed by atoms with Crippen LogP contribution in [0.25, 0.3) is 0 Å². The van der Waals surface area contributed by atoms with Gasteiger partial charge in [0, 0.05) is 0 Å². The zero-order valence-corrected chi connectivity index (χ0v) is 7.92. The van der Waals surface area contributed by atoms with Gasteiger partial charge in [0.15, 0.2) is 0 Å². The van der Waals surface area contributed by atoms with E-state index in [9.17, 15) is 0 Å². The fraction of sp³-hybridized carbons (Fsp3) is 0.200. The average molecular weight is 190 g/mol. The van der Waals surface area contributed by atoms with Crippen molar-refractivity contribution in [3.63, 3.8) is 0 Å². The molecule has 1 rings (SSSR count). The molecule has 0 aliphatic heterocycles. The van der Waals surface area contributed by atoms with E-state index >= 15 is 0 Å². The predicted octanol–water partition coefficient (Wildman–Crippen LogP) is 1.65. The average Bonchev–Trinajstić information content (AvgIpc) is 2.15. The highest BCUT2D eigenvalue weighted by Gasteiger charge is 2.10. The Kier molecular flexibility index (Phi) is 3.41. The normalized spacial score (nSPS) is 11.6. The van der Waals surface area contributed by atoms with Gasteiger partial charge in [-0.15, -0.1) is 0 Å². The van der Waals surface area contributed by atoms with Crippen molar-refractivity contribution in [3.05, 3.63) is 35.9 Å². The second-order valence-corrected chi connectivity index (χ2v) is 3.25. The molecule has 0 fully saturated rings. The molecule has 2 nitrogen and oxygen atoms in total. The second-order valence-electron chi connectivity index (χ2n) is 2.77. The molecule has 0 amide bonds. The summed E-state index contributed by atoms with van der Waals surface area (Å²) in [5.74, 6) is -0.350. The molecule has 0 saturated heterocycles. The van der Waals surface area contributed by atoms with Crippen LogP contribution < -0.4 is 5.73 Å². The minimum absolute atomic E-state index is 0.270. The maximum Gasteiger partial charge on any atom is 0.100 e. The molecular formula is C10H10N2S. The number of benzene rings is 1. The summed E-state index contributed by atoms with van der Waals surface area (Å²) in [7, 11) is 0. The Balaban J connectivity index is 2.69. The number of nitrogens with two attached hydrogens (primary N) is 1. The Morgan fingerprint density at radius 2 is 2.08 bits per heavy atom. The summed E-state index contributed by atoms with van der Waals surface area (Å²) in [5, 5.41) is 8.74. The summed E-state index contributed by atoms with van der Waals surface area (Å²) in [5.41, 5.74) is 6.49. The van der Waals surface area contributed by atoms with Gasteiger partial charge in [-0.1, -0.05) is 42.5 Å². The van der Waals surface area contributed by atoms with E-state index in [0.717, 1.165) is 5.56 Å². The maximum atomic E-state index is 8.74. The molecule has 1 aromatic rings. The van der Waals surface area contributed by atoms with Gasteiger partial charge < -0.3 is 5.73 Å². The smallest absolute Gasteiger partial charge is 0.100 e. The van der Waals surface area contributed by atoms with Crippen LogP contribution in [-0.4, -0.2) is 4.99 Å². The predicted molar refractivity (Wildman–Crippen MR) is 56.0 cm³/mol. The zero-order chi connectivity index (χ0) is 9.68. The molecule has 0 aromatic heterocycles. The summed E-state index contributed by atoms with van der Waals surface area (Å²) in [6.07, 6.45) is 0.604. The van der Waals surface area contributed by atoms with Gasteiger partial charge in [0.25, 0.3) is 0 Å². The summed E-state index contributed by atoms with van der Waals surface area (Å²) in [6.45, 7) is 0. The van der Waals surface area contributed by atoms with Crippen LogP contribution in [0.15, 0.2) is 30.3 Å². The molecular weight excluding hydrogens is 180 g/mol. The molecule has 13 heavy (non-hydrogen) atoms. The molecule has 0 heterocycles. The van der Waals surface area contributed by atoms with Crippen molar-refractivity contribution in [2.24, 2.45) is 11.7 Å². The van der Waals surface area contributed by atoms with Gasteiger partial charge in [-0.25, -0.2) is 0 Å². The summed E-state index contributed by atoms with van der Waals surface area (Å²) >= 11 is 4.77. The topological polar surface area (TPSA) is 49.8 Å². The van der Waals surface area contributed by atoms with E-state index < -0.39 is 0 Å². The van der Waals surface area contributed by atoms with E-state index in [4.69, 9.17) is 23.2 Å². The molecule has 1 unspecified atom stereocenters. The van der Waals surface area contributed by atoms with E-state index in [1.54, 1.807) is 0 Å². The first-order valence-electron chi connectivity index (χ1n) is 3.97. The standard InChI is InChI=1S/C10H10N2S/c11-7-9(10(12)13)6-8-4-2-1-3-5-8/h1-5,9H,6H2,(H2,12,13). The maximum absolute atomic E-state index is 8.74. The van der Waals surface area contributed by atoms with Gasteiger partial charge >= 0.3 is 0 Å². The quantitative estimate of drug-likeness (QED) is 0.737. The lowest BCUT2D eigenvalue weighted by molar-refractivity contribution is 0.868. The molecule has 0 bridgehead atoms. The fourth-order valence-corrected chi connectivity index (χ4v) is 1.20. The highest BCUT2D eigenvalue weighted by Crippen LogP contribution is 2.07. The second kappa shape index (κ2) is 4.58. The van der Waals surface area contributed by atoms with E-state index in [1.807, 2.05) is 30.3 Å². The van der Waals surface area contributed by atoms with E-state index in [2.05, 4.69) is 6.07 Å². The minimum atomic E-state index is -0.350. The Hall–Kier alpha value is -1.40. The lowest BCUT2D eigenvalue weighted by atomic mass is 10.0. The number of hydrogen-bond donors (Lipinski definition) is 1. The van der Waals surface area contributed by atoms with E-state index in [0.29, 0.717) is 6.42 Å². The van der Waals surface area contributed by atoms with Crippen LogP contribution in [0.5, 0.6) is 0 Å². The Bertz CT molecular complexity index is 327. The van der Waals surface area contributed by atoms with Gasteiger partial charge in [0.05, 0.1) is 11.1 Å². The summed E-state index contributed by atoms with van der Waals surface area (Å²) < 4.78 is 0. The monoisotopic (exact) mass is 190 g/mol. The molecule has 0 saturated carbocycles. The zero-order valence-electron chi connectivity index (χ0n) is 7.10. The van der Waals surface area contributed by atoms with Gasteiger partial charge in [-0.05, 0) is 12.0 Å². The first-order chi connectivity index (χ1) is 6.24. The lowest BCUT2D eigenvalue weighted by Gasteiger charge is -2.05. The first-order valence-corrected chi connectivity index (χ1v) is 4.37. The van der Waals surface area contributed by atoms with Crippen molar-refractivity contribution in [1.82, 2.24) is 0 Å². The summed E-state index contributed by atoms with van der Waals surface area (Å²) in [4.78, 5) is 0.270. The van der Waals surface area contributed by atoms with Crippen LogP contribution >= 0.6 is 12.2 Å². The lowest BCUT2D eigenvalue weighted by Crippen LogP contribution is -2.21. The third-order valence-electron chi connectivity index (χ3n) is 1.78. The van der Waals surface area contributed by atoms with E-state index in [-0.39, 0.29) is 10.9 Å². The molecule has 0 radical (unpaired) electrons. The fourth-order valence-electron chi connectivity index (χ4n) is 1.06. The third kappa shape index (κ3) is 2.85. The Morgan fingerprint density at radius 1 is 1.46 bits per heavy atom. The van der Waals surface area contributed by atoms with Crippen LogP contribution in [0.4, 0.5) is 0 Å². The molecule has 2 N–H and O–H groups in total. The largest absolute Gasteiger partial charge is 0.392 e. The van der Waals surface area contributed by atoms with Crippen molar-refractivity contribution in [3.8, 4) is 6.07 Å². The SMILES string of the molecule is N#CC(Cc1ccccc1)C(N)=S. The molecule has 3 heteroatoms.